The molecule has 5 heteroatoms. The molecule has 24 heavy (non-hydrogen) atoms. The number of amides is 1. The van der Waals surface area contributed by atoms with Crippen LogP contribution in [0.5, 0.6) is 5.75 Å². The van der Waals surface area contributed by atoms with E-state index in [1.54, 1.807) is 24.3 Å². The van der Waals surface area contributed by atoms with Gasteiger partial charge in [0.1, 0.15) is 5.75 Å². The third kappa shape index (κ3) is 4.41. The highest BCUT2D eigenvalue weighted by atomic mass is 16.5. The maximum absolute atomic E-state index is 12.1. The minimum absolute atomic E-state index is 0.0807. The van der Waals surface area contributed by atoms with Gasteiger partial charge in [0.25, 0.3) is 5.91 Å². The number of benzene rings is 1. The lowest BCUT2D eigenvalue weighted by atomic mass is 10.1. The summed E-state index contributed by atoms with van der Waals surface area (Å²) < 4.78 is 5.47. The standard InChI is InChI=1S/C19H22N2O3/c1-5-17(22)15-6-8-16(9-7-15)24-11-18(23)21-19-12(2)10-13(3)20-14(19)4/h6-10H,5,11H2,1-4H3,(H,21,23). The first kappa shape index (κ1) is 17.7. The van der Waals surface area contributed by atoms with E-state index >= 15 is 0 Å². The molecule has 0 atom stereocenters. The highest BCUT2D eigenvalue weighted by molar-refractivity contribution is 5.96. The smallest absolute Gasteiger partial charge is 0.262 e. The first-order valence-corrected chi connectivity index (χ1v) is 7.91. The van der Waals surface area contributed by atoms with Crippen molar-refractivity contribution in [3.8, 4) is 5.75 Å². The molecule has 0 saturated heterocycles. The molecular formula is C19H22N2O3. The lowest BCUT2D eigenvalue weighted by Crippen LogP contribution is -2.21. The van der Waals surface area contributed by atoms with Crippen LogP contribution in [0.4, 0.5) is 5.69 Å². The van der Waals surface area contributed by atoms with Gasteiger partial charge < -0.3 is 10.1 Å². The van der Waals surface area contributed by atoms with E-state index < -0.39 is 0 Å². The van der Waals surface area contributed by atoms with Gasteiger partial charge in [0, 0.05) is 17.7 Å². The zero-order chi connectivity index (χ0) is 17.7. The Morgan fingerprint density at radius 3 is 2.38 bits per heavy atom. The number of hydrogen-bond acceptors (Lipinski definition) is 4. The minimum Gasteiger partial charge on any atom is -0.484 e. The Morgan fingerprint density at radius 1 is 1.12 bits per heavy atom. The van der Waals surface area contributed by atoms with E-state index in [4.69, 9.17) is 4.74 Å². The summed E-state index contributed by atoms with van der Waals surface area (Å²) in [6.45, 7) is 7.43. The molecule has 0 aliphatic heterocycles. The predicted molar refractivity (Wildman–Crippen MR) is 93.6 cm³/mol. The predicted octanol–water partition coefficient (Wildman–Crippen LogP) is 3.62. The number of ether oxygens (including phenoxy) is 1. The van der Waals surface area contributed by atoms with Crippen molar-refractivity contribution in [2.75, 3.05) is 11.9 Å². The molecule has 2 rings (SSSR count). The van der Waals surface area contributed by atoms with E-state index in [1.807, 2.05) is 33.8 Å². The Bertz CT molecular complexity index is 729. The number of ketones is 1. The summed E-state index contributed by atoms with van der Waals surface area (Å²) in [6.07, 6.45) is 0.464. The number of nitrogens with zero attached hydrogens (tertiary/aromatic N) is 1. The molecule has 0 aliphatic carbocycles. The Morgan fingerprint density at radius 2 is 1.79 bits per heavy atom. The lowest BCUT2D eigenvalue weighted by molar-refractivity contribution is -0.118. The largest absolute Gasteiger partial charge is 0.484 e. The zero-order valence-corrected chi connectivity index (χ0v) is 14.5. The van der Waals surface area contributed by atoms with Crippen molar-refractivity contribution in [1.29, 1.82) is 0 Å². The molecule has 0 bridgehead atoms. The van der Waals surface area contributed by atoms with Crippen molar-refractivity contribution in [3.63, 3.8) is 0 Å². The highest BCUT2D eigenvalue weighted by Gasteiger charge is 2.10. The summed E-state index contributed by atoms with van der Waals surface area (Å²) in [4.78, 5) is 28.0. The molecule has 1 heterocycles. The molecule has 1 aromatic heterocycles. The number of aromatic nitrogens is 1. The van der Waals surface area contributed by atoms with Gasteiger partial charge in [-0.1, -0.05) is 6.92 Å². The van der Waals surface area contributed by atoms with E-state index in [2.05, 4.69) is 10.3 Å². The average Bonchev–Trinajstić information content (AvgIpc) is 2.56. The van der Waals surface area contributed by atoms with Gasteiger partial charge in [0.15, 0.2) is 12.4 Å². The second-order valence-electron chi connectivity index (χ2n) is 5.68. The van der Waals surface area contributed by atoms with Crippen LogP contribution in [0.3, 0.4) is 0 Å². The molecule has 0 saturated carbocycles. The minimum atomic E-state index is -0.249. The van der Waals surface area contributed by atoms with Gasteiger partial charge in [-0.15, -0.1) is 0 Å². The molecule has 126 valence electrons. The molecule has 0 radical (unpaired) electrons. The van der Waals surface area contributed by atoms with E-state index in [-0.39, 0.29) is 18.3 Å². The number of anilines is 1. The fourth-order valence-corrected chi connectivity index (χ4v) is 2.48. The molecule has 1 aromatic carbocycles. The summed E-state index contributed by atoms with van der Waals surface area (Å²) in [5.74, 6) is 0.381. The fraction of sp³-hybridized carbons (Fsp3) is 0.316. The average molecular weight is 326 g/mol. The lowest BCUT2D eigenvalue weighted by Gasteiger charge is -2.12. The Kier molecular flexibility index (Phi) is 5.68. The van der Waals surface area contributed by atoms with E-state index in [1.165, 1.54) is 0 Å². The van der Waals surface area contributed by atoms with Gasteiger partial charge in [-0.2, -0.15) is 0 Å². The third-order valence-electron chi connectivity index (χ3n) is 3.66. The van der Waals surface area contributed by atoms with E-state index in [0.717, 1.165) is 22.6 Å². The van der Waals surface area contributed by atoms with Crippen LogP contribution in [0.25, 0.3) is 0 Å². The number of carbonyl (C=O) groups excluding carboxylic acids is 2. The van der Waals surface area contributed by atoms with Gasteiger partial charge in [-0.25, -0.2) is 0 Å². The monoisotopic (exact) mass is 326 g/mol. The van der Waals surface area contributed by atoms with Gasteiger partial charge in [-0.05, 0) is 56.7 Å². The maximum Gasteiger partial charge on any atom is 0.262 e. The molecule has 0 unspecified atom stereocenters. The van der Waals surface area contributed by atoms with Crippen molar-refractivity contribution in [1.82, 2.24) is 4.98 Å². The first-order valence-electron chi connectivity index (χ1n) is 7.91. The molecule has 0 spiro atoms. The van der Waals surface area contributed by atoms with E-state index in [0.29, 0.717) is 17.7 Å². The van der Waals surface area contributed by atoms with Crippen molar-refractivity contribution in [2.24, 2.45) is 0 Å². The quantitative estimate of drug-likeness (QED) is 0.823. The van der Waals surface area contributed by atoms with Gasteiger partial charge >= 0.3 is 0 Å². The molecule has 1 N–H and O–H groups in total. The Labute approximate surface area is 142 Å². The van der Waals surface area contributed by atoms with Crippen LogP contribution in [0.15, 0.2) is 30.3 Å². The number of rotatable bonds is 6. The van der Waals surface area contributed by atoms with Crippen LogP contribution < -0.4 is 10.1 Å². The number of hydrogen-bond donors (Lipinski definition) is 1. The van der Waals surface area contributed by atoms with E-state index in [9.17, 15) is 9.59 Å². The van der Waals surface area contributed by atoms with Crippen LogP contribution in [0, 0.1) is 20.8 Å². The summed E-state index contributed by atoms with van der Waals surface area (Å²) in [5.41, 5.74) is 4.03. The van der Waals surface area contributed by atoms with Crippen molar-refractivity contribution < 1.29 is 14.3 Å². The van der Waals surface area contributed by atoms with Crippen LogP contribution in [-0.2, 0) is 4.79 Å². The van der Waals surface area contributed by atoms with Crippen molar-refractivity contribution in [3.05, 3.63) is 52.8 Å². The SMILES string of the molecule is CCC(=O)c1ccc(OCC(=O)Nc2c(C)cc(C)nc2C)cc1. The normalized spacial score (nSPS) is 10.3. The number of Topliss-reactive ketones (excluding diaryl/α,β-unsaturated/α-hetero) is 1. The molecule has 1 amide bonds. The fourth-order valence-electron chi connectivity index (χ4n) is 2.48. The Balaban J connectivity index is 1.95. The topological polar surface area (TPSA) is 68.3 Å². The second kappa shape index (κ2) is 7.73. The number of pyridine rings is 1. The summed E-state index contributed by atoms with van der Waals surface area (Å²) in [6, 6.07) is 8.72. The van der Waals surface area contributed by atoms with Gasteiger partial charge in [0.05, 0.1) is 11.4 Å². The summed E-state index contributed by atoms with van der Waals surface area (Å²) in [7, 11) is 0. The van der Waals surface area contributed by atoms with Crippen molar-refractivity contribution >= 4 is 17.4 Å². The first-order chi connectivity index (χ1) is 11.4. The molecule has 0 fully saturated rings. The summed E-state index contributed by atoms with van der Waals surface area (Å²) >= 11 is 0. The number of aryl methyl sites for hydroxylation is 3. The highest BCUT2D eigenvalue weighted by Crippen LogP contribution is 2.19. The summed E-state index contributed by atoms with van der Waals surface area (Å²) in [5, 5.41) is 2.83. The van der Waals surface area contributed by atoms with Crippen LogP contribution in [-0.4, -0.2) is 23.3 Å². The van der Waals surface area contributed by atoms with Crippen LogP contribution in [0.1, 0.15) is 40.7 Å². The van der Waals surface area contributed by atoms with Crippen LogP contribution in [0.2, 0.25) is 0 Å². The molecule has 2 aromatic rings. The van der Waals surface area contributed by atoms with Gasteiger partial charge in [0.2, 0.25) is 0 Å². The maximum atomic E-state index is 12.1. The molecule has 0 aliphatic rings. The van der Waals surface area contributed by atoms with Crippen molar-refractivity contribution in [2.45, 2.75) is 34.1 Å². The van der Waals surface area contributed by atoms with Gasteiger partial charge in [-0.3, -0.25) is 14.6 Å². The third-order valence-corrected chi connectivity index (χ3v) is 3.66. The number of nitrogens with one attached hydrogen (secondary N) is 1. The molecule has 5 nitrogen and oxygen atoms in total. The second-order valence-corrected chi connectivity index (χ2v) is 5.68. The number of carbonyl (C=O) groups is 2. The zero-order valence-electron chi connectivity index (χ0n) is 14.5. The van der Waals surface area contributed by atoms with Crippen LogP contribution >= 0.6 is 0 Å². The Hall–Kier alpha value is -2.69. The molecular weight excluding hydrogens is 304 g/mol.